The summed E-state index contributed by atoms with van der Waals surface area (Å²) in [6.45, 7) is -0.988. The van der Waals surface area contributed by atoms with Gasteiger partial charge < -0.3 is 35.9 Å². The van der Waals surface area contributed by atoms with Crippen LogP contribution in [0.5, 0.6) is 0 Å². The van der Waals surface area contributed by atoms with Crippen molar-refractivity contribution >= 4 is 33.3 Å². The number of aliphatic hydroxyl groups excluding tert-OH is 3. The average Bonchev–Trinajstić information content (AvgIpc) is 3.18. The van der Waals surface area contributed by atoms with Crippen molar-refractivity contribution in [3.63, 3.8) is 0 Å². The van der Waals surface area contributed by atoms with E-state index in [-0.39, 0.29) is 22.8 Å². The van der Waals surface area contributed by atoms with Gasteiger partial charge in [0.1, 0.15) is 10.7 Å². The molecule has 0 aliphatic heterocycles. The number of hydrogen-bond donors (Lipinski definition) is 7. The Hall–Kier alpha value is -2.19. The zero-order valence-corrected chi connectivity index (χ0v) is 16.7. The van der Waals surface area contributed by atoms with Gasteiger partial charge in [-0.15, -0.1) is 0 Å². The molecule has 0 fully saturated rings. The number of nitrogens with one attached hydrogen (secondary N) is 1. The maximum Gasteiger partial charge on any atom is 0.337 e. The number of benzene rings is 1. The van der Waals surface area contributed by atoms with Gasteiger partial charge in [-0.25, -0.2) is 18.4 Å². The number of primary sulfonamides is 1. The van der Waals surface area contributed by atoms with Crippen LogP contribution in [-0.4, -0.2) is 60.2 Å². The Morgan fingerprint density at radius 2 is 1.79 bits per heavy atom. The molecule has 29 heavy (non-hydrogen) atoms. The smallest absolute Gasteiger partial charge is 0.337 e. The Labute approximate surface area is 171 Å². The molecule has 2 aromatic rings. The first kappa shape index (κ1) is 24.8. The normalized spacial score (nSPS) is 11.5. The van der Waals surface area contributed by atoms with Gasteiger partial charge in [0.25, 0.3) is 0 Å². The SMILES string of the molecule is NC(CO)(CO)CO.NS(=O)(=O)c1cc(C(=O)O)c(NCc2ccco2)cc1Cl. The van der Waals surface area contributed by atoms with Crippen LogP contribution >= 0.6 is 11.6 Å². The molecule has 11 nitrogen and oxygen atoms in total. The molecule has 0 unspecified atom stereocenters. The number of carboxylic acid groups (broad SMARTS) is 1. The van der Waals surface area contributed by atoms with Crippen molar-refractivity contribution in [2.45, 2.75) is 17.0 Å². The molecule has 0 saturated heterocycles. The fourth-order valence-corrected chi connectivity index (χ4v) is 2.94. The highest BCUT2D eigenvalue weighted by Crippen LogP contribution is 2.28. The largest absolute Gasteiger partial charge is 0.478 e. The quantitative estimate of drug-likeness (QED) is 0.274. The molecule has 1 aromatic carbocycles. The highest BCUT2D eigenvalue weighted by Gasteiger charge is 2.21. The Bertz CT molecular complexity index is 906. The fraction of sp³-hybridized carbons (Fsp3) is 0.312. The number of halogens is 1. The van der Waals surface area contributed by atoms with Crippen molar-refractivity contribution in [2.24, 2.45) is 10.9 Å². The summed E-state index contributed by atoms with van der Waals surface area (Å²) in [7, 11) is -4.11. The molecule has 162 valence electrons. The average molecular weight is 452 g/mol. The lowest BCUT2D eigenvalue weighted by Gasteiger charge is -2.20. The maximum absolute atomic E-state index is 11.3. The lowest BCUT2D eigenvalue weighted by molar-refractivity contribution is 0.0692. The minimum absolute atomic E-state index is 0.163. The summed E-state index contributed by atoms with van der Waals surface area (Å²) in [6, 6.07) is 5.51. The lowest BCUT2D eigenvalue weighted by Crippen LogP contribution is -2.50. The second-order valence-corrected chi connectivity index (χ2v) is 7.89. The van der Waals surface area contributed by atoms with Crippen LogP contribution in [-0.2, 0) is 16.6 Å². The van der Waals surface area contributed by atoms with Crippen molar-refractivity contribution in [1.82, 2.24) is 0 Å². The van der Waals surface area contributed by atoms with Gasteiger partial charge in [-0.1, -0.05) is 11.6 Å². The number of aliphatic hydroxyl groups is 3. The van der Waals surface area contributed by atoms with Gasteiger partial charge in [0, 0.05) is 0 Å². The third-order valence-corrected chi connectivity index (χ3v) is 4.96. The molecule has 0 aliphatic rings. The second-order valence-electron chi connectivity index (χ2n) is 5.95. The number of anilines is 1. The highest BCUT2D eigenvalue weighted by atomic mass is 35.5. The zero-order chi connectivity index (χ0) is 22.2. The number of aromatic carboxylic acids is 1. The summed E-state index contributed by atoms with van der Waals surface area (Å²) in [4.78, 5) is 10.8. The van der Waals surface area contributed by atoms with Crippen LogP contribution in [0.15, 0.2) is 39.8 Å². The van der Waals surface area contributed by atoms with E-state index in [9.17, 15) is 13.2 Å². The molecule has 0 radical (unpaired) electrons. The van der Waals surface area contributed by atoms with Crippen LogP contribution in [0.1, 0.15) is 16.1 Å². The number of sulfonamides is 1. The molecule has 1 aromatic heterocycles. The van der Waals surface area contributed by atoms with Crippen LogP contribution in [0.2, 0.25) is 5.02 Å². The first-order valence-corrected chi connectivity index (χ1v) is 9.87. The summed E-state index contributed by atoms with van der Waals surface area (Å²) in [5.41, 5.74) is 3.85. The van der Waals surface area contributed by atoms with E-state index < -0.39 is 46.2 Å². The van der Waals surface area contributed by atoms with Gasteiger partial charge in [-0.3, -0.25) is 0 Å². The Morgan fingerprint density at radius 1 is 1.21 bits per heavy atom. The molecule has 13 heteroatoms. The van der Waals surface area contributed by atoms with Gasteiger partial charge in [0.15, 0.2) is 0 Å². The summed E-state index contributed by atoms with van der Waals surface area (Å²) in [6.07, 6.45) is 1.48. The molecule has 0 atom stereocenters. The van der Waals surface area contributed by atoms with Crippen LogP contribution in [0.4, 0.5) is 5.69 Å². The molecular formula is C16H22ClN3O8S. The molecule has 0 spiro atoms. The molecule has 0 amide bonds. The molecule has 0 bridgehead atoms. The third-order valence-electron chi connectivity index (χ3n) is 3.59. The van der Waals surface area contributed by atoms with Crippen molar-refractivity contribution in [3.8, 4) is 0 Å². The summed E-state index contributed by atoms with van der Waals surface area (Å²) >= 11 is 5.84. The van der Waals surface area contributed by atoms with E-state index in [4.69, 9.17) is 47.3 Å². The minimum Gasteiger partial charge on any atom is -0.478 e. The first-order valence-electron chi connectivity index (χ1n) is 7.94. The molecule has 2 rings (SSSR count). The lowest BCUT2D eigenvalue weighted by atomic mass is 10.1. The van der Waals surface area contributed by atoms with Gasteiger partial charge in [-0.05, 0) is 24.3 Å². The van der Waals surface area contributed by atoms with Crippen LogP contribution < -0.4 is 16.2 Å². The Kier molecular flexibility index (Phi) is 9.04. The van der Waals surface area contributed by atoms with Crippen LogP contribution in [0, 0.1) is 0 Å². The van der Waals surface area contributed by atoms with E-state index in [1.165, 1.54) is 12.3 Å². The van der Waals surface area contributed by atoms with Crippen molar-refractivity contribution < 1.29 is 38.1 Å². The van der Waals surface area contributed by atoms with Gasteiger partial charge in [-0.2, -0.15) is 0 Å². The third kappa shape index (κ3) is 7.29. The number of hydrogen-bond acceptors (Lipinski definition) is 9. The minimum atomic E-state index is -4.11. The predicted octanol–water partition coefficient (Wildman–Crippen LogP) is -0.448. The fourth-order valence-electron chi connectivity index (χ4n) is 1.84. The maximum atomic E-state index is 11.3. The number of carboxylic acids is 1. The van der Waals surface area contributed by atoms with E-state index in [1.807, 2.05) is 0 Å². The van der Waals surface area contributed by atoms with E-state index in [1.54, 1.807) is 12.1 Å². The number of nitrogens with two attached hydrogens (primary N) is 2. The van der Waals surface area contributed by atoms with Gasteiger partial charge >= 0.3 is 5.97 Å². The summed E-state index contributed by atoms with van der Waals surface area (Å²) in [5.74, 6) is -0.725. The summed E-state index contributed by atoms with van der Waals surface area (Å²) in [5, 5.41) is 41.8. The standard InChI is InChI=1S/C12H11ClN2O5S.C4H11NO3/c13-9-5-10(15-6-7-2-1-3-20-7)8(12(16)17)4-11(9)21(14,18)19;5-4(1-6,2-7)3-8/h1-5,15H,6H2,(H,16,17)(H2,14,18,19);6-8H,1-3,5H2. The summed E-state index contributed by atoms with van der Waals surface area (Å²) < 4.78 is 27.8. The second kappa shape index (κ2) is 10.5. The molecule has 1 heterocycles. The Balaban J connectivity index is 0.000000447. The monoisotopic (exact) mass is 451 g/mol. The molecule has 0 saturated carbocycles. The zero-order valence-electron chi connectivity index (χ0n) is 15.1. The van der Waals surface area contributed by atoms with Crippen LogP contribution in [0.3, 0.4) is 0 Å². The van der Waals surface area contributed by atoms with Gasteiger partial charge in [0.2, 0.25) is 10.0 Å². The van der Waals surface area contributed by atoms with Crippen molar-refractivity contribution in [1.29, 1.82) is 0 Å². The van der Waals surface area contributed by atoms with Crippen molar-refractivity contribution in [3.05, 3.63) is 46.9 Å². The number of rotatable bonds is 8. The highest BCUT2D eigenvalue weighted by molar-refractivity contribution is 7.89. The number of carbonyl (C=O) groups is 1. The van der Waals surface area contributed by atoms with E-state index >= 15 is 0 Å². The Morgan fingerprint density at radius 3 is 2.17 bits per heavy atom. The van der Waals surface area contributed by atoms with E-state index in [0.29, 0.717) is 5.76 Å². The van der Waals surface area contributed by atoms with Gasteiger partial charge in [0.05, 0.1) is 54.4 Å². The van der Waals surface area contributed by atoms with E-state index in [2.05, 4.69) is 5.32 Å². The van der Waals surface area contributed by atoms with E-state index in [0.717, 1.165) is 6.07 Å². The van der Waals surface area contributed by atoms with Crippen LogP contribution in [0.25, 0.3) is 0 Å². The first-order chi connectivity index (χ1) is 13.5. The molecule has 9 N–H and O–H groups in total. The molecular weight excluding hydrogens is 430 g/mol. The van der Waals surface area contributed by atoms with Crippen molar-refractivity contribution in [2.75, 3.05) is 25.1 Å². The number of furan rings is 1. The molecule has 0 aliphatic carbocycles. The predicted molar refractivity (Wildman–Crippen MR) is 104 cm³/mol. The topological polar surface area (TPSA) is 209 Å².